The molecule has 0 spiro atoms. The largest absolute Gasteiger partial charge is 0.373 e. The van der Waals surface area contributed by atoms with Gasteiger partial charge in [0.2, 0.25) is 0 Å². The fraction of sp³-hybridized carbons (Fsp3) is 0.600. The predicted molar refractivity (Wildman–Crippen MR) is 79.7 cm³/mol. The molecule has 106 valence electrons. The number of hydrogen-bond donors (Lipinski definition) is 1. The van der Waals surface area contributed by atoms with Crippen LogP contribution in [-0.4, -0.2) is 35.9 Å². The van der Waals surface area contributed by atoms with Gasteiger partial charge in [0.25, 0.3) is 5.91 Å². The Labute approximate surface area is 116 Å². The van der Waals surface area contributed by atoms with Gasteiger partial charge in [-0.05, 0) is 26.0 Å². The number of rotatable bonds is 4. The number of carbonyl (C=O) groups excluding carboxylic acids is 1. The van der Waals surface area contributed by atoms with Crippen molar-refractivity contribution in [2.45, 2.75) is 40.0 Å². The molecule has 0 aliphatic heterocycles. The first-order valence-electron chi connectivity index (χ1n) is 6.83. The molecular formula is C15H25N3O. The minimum absolute atomic E-state index is 0.0643. The van der Waals surface area contributed by atoms with Crippen molar-refractivity contribution in [2.24, 2.45) is 0 Å². The van der Waals surface area contributed by atoms with E-state index >= 15 is 0 Å². The summed E-state index contributed by atoms with van der Waals surface area (Å²) < 4.78 is 0. The van der Waals surface area contributed by atoms with Crippen LogP contribution in [0.3, 0.4) is 0 Å². The number of pyridine rings is 1. The molecule has 0 saturated carbocycles. The van der Waals surface area contributed by atoms with Gasteiger partial charge in [0.15, 0.2) is 0 Å². The Bertz CT molecular complexity index is 445. The summed E-state index contributed by atoms with van der Waals surface area (Å²) >= 11 is 0. The molecular weight excluding hydrogens is 238 g/mol. The Morgan fingerprint density at radius 1 is 1.26 bits per heavy atom. The third-order valence-electron chi connectivity index (χ3n) is 3.15. The number of nitrogens with one attached hydrogen (secondary N) is 1. The van der Waals surface area contributed by atoms with E-state index in [2.05, 4.69) is 31.1 Å². The zero-order chi connectivity index (χ0) is 14.6. The van der Waals surface area contributed by atoms with E-state index in [0.717, 1.165) is 24.6 Å². The molecule has 0 aromatic carbocycles. The molecule has 1 aromatic rings. The molecule has 0 atom stereocenters. The van der Waals surface area contributed by atoms with Crippen LogP contribution in [0.25, 0.3) is 0 Å². The van der Waals surface area contributed by atoms with Gasteiger partial charge in [-0.15, -0.1) is 0 Å². The predicted octanol–water partition coefficient (Wildman–Crippen LogP) is 2.90. The van der Waals surface area contributed by atoms with E-state index in [1.54, 1.807) is 0 Å². The van der Waals surface area contributed by atoms with Crippen LogP contribution in [0.1, 0.15) is 50.7 Å². The van der Waals surface area contributed by atoms with Crippen LogP contribution in [0.15, 0.2) is 12.1 Å². The molecule has 1 aromatic heterocycles. The summed E-state index contributed by atoms with van der Waals surface area (Å²) in [5.74, 6) is 0.803. The van der Waals surface area contributed by atoms with Gasteiger partial charge in [0.1, 0.15) is 5.82 Å². The Hall–Kier alpha value is -1.58. The van der Waals surface area contributed by atoms with Gasteiger partial charge in [-0.1, -0.05) is 20.8 Å². The molecule has 0 aliphatic carbocycles. The molecule has 1 heterocycles. The number of anilines is 1. The highest BCUT2D eigenvalue weighted by Crippen LogP contribution is 2.23. The highest BCUT2D eigenvalue weighted by Gasteiger charge is 2.20. The minimum Gasteiger partial charge on any atom is -0.373 e. The maximum Gasteiger partial charge on any atom is 0.254 e. The number of hydrogen-bond acceptors (Lipinski definition) is 3. The summed E-state index contributed by atoms with van der Waals surface area (Å²) in [6.45, 7) is 11.7. The van der Waals surface area contributed by atoms with Gasteiger partial charge in [-0.2, -0.15) is 0 Å². The van der Waals surface area contributed by atoms with Gasteiger partial charge in [0.05, 0.1) is 0 Å². The van der Waals surface area contributed by atoms with E-state index in [9.17, 15) is 4.79 Å². The number of nitrogens with zero attached hydrogens (tertiary/aromatic N) is 2. The molecule has 0 saturated heterocycles. The molecule has 1 rings (SSSR count). The zero-order valence-corrected chi connectivity index (χ0v) is 12.9. The molecule has 19 heavy (non-hydrogen) atoms. The van der Waals surface area contributed by atoms with Crippen molar-refractivity contribution in [3.8, 4) is 0 Å². The van der Waals surface area contributed by atoms with Gasteiger partial charge >= 0.3 is 0 Å². The van der Waals surface area contributed by atoms with Crippen LogP contribution < -0.4 is 5.32 Å². The Morgan fingerprint density at radius 3 is 2.26 bits per heavy atom. The maximum atomic E-state index is 12.4. The quantitative estimate of drug-likeness (QED) is 0.908. The second-order valence-electron chi connectivity index (χ2n) is 5.60. The summed E-state index contributed by atoms with van der Waals surface area (Å²) in [7, 11) is 1.82. The molecule has 0 radical (unpaired) electrons. The lowest BCUT2D eigenvalue weighted by atomic mass is 9.90. The van der Waals surface area contributed by atoms with Crippen molar-refractivity contribution in [1.29, 1.82) is 0 Å². The van der Waals surface area contributed by atoms with E-state index in [-0.39, 0.29) is 11.3 Å². The standard InChI is InChI=1S/C15H25N3O/c1-7-18(8-2)14(19)11-9-12(15(3,4)5)17-13(10-11)16-6/h9-10H,7-8H2,1-6H3,(H,16,17). The Balaban J connectivity index is 3.24. The van der Waals surface area contributed by atoms with E-state index in [1.807, 2.05) is 37.9 Å². The lowest BCUT2D eigenvalue weighted by Gasteiger charge is -2.22. The van der Waals surface area contributed by atoms with Crippen LogP contribution in [0.4, 0.5) is 5.82 Å². The smallest absolute Gasteiger partial charge is 0.254 e. The SMILES string of the molecule is CCN(CC)C(=O)c1cc(NC)nc(C(C)(C)C)c1. The molecule has 1 N–H and O–H groups in total. The van der Waals surface area contributed by atoms with Gasteiger partial charge < -0.3 is 10.2 Å². The van der Waals surface area contributed by atoms with E-state index in [1.165, 1.54) is 0 Å². The lowest BCUT2D eigenvalue weighted by molar-refractivity contribution is 0.0772. The molecule has 1 amide bonds. The Kier molecular flexibility index (Phi) is 4.92. The van der Waals surface area contributed by atoms with Crippen LogP contribution in [0.2, 0.25) is 0 Å². The summed E-state index contributed by atoms with van der Waals surface area (Å²) in [4.78, 5) is 18.8. The fourth-order valence-corrected chi connectivity index (χ4v) is 1.86. The number of carbonyl (C=O) groups is 1. The third-order valence-corrected chi connectivity index (χ3v) is 3.15. The van der Waals surface area contributed by atoms with Gasteiger partial charge in [-0.3, -0.25) is 4.79 Å². The number of aromatic nitrogens is 1. The van der Waals surface area contributed by atoms with Crippen molar-refractivity contribution in [1.82, 2.24) is 9.88 Å². The van der Waals surface area contributed by atoms with Crippen LogP contribution in [0, 0.1) is 0 Å². The molecule has 0 bridgehead atoms. The molecule has 4 heteroatoms. The molecule has 0 aliphatic rings. The first kappa shape index (κ1) is 15.5. The first-order valence-corrected chi connectivity index (χ1v) is 6.83. The van der Waals surface area contributed by atoms with Crippen LogP contribution in [-0.2, 0) is 5.41 Å². The van der Waals surface area contributed by atoms with Crippen LogP contribution in [0.5, 0.6) is 0 Å². The molecule has 0 fully saturated rings. The molecule has 4 nitrogen and oxygen atoms in total. The molecule has 0 unspecified atom stereocenters. The summed E-state index contributed by atoms with van der Waals surface area (Å²) in [6.07, 6.45) is 0. The summed E-state index contributed by atoms with van der Waals surface area (Å²) in [5, 5.41) is 3.03. The van der Waals surface area contributed by atoms with E-state index in [4.69, 9.17) is 0 Å². The maximum absolute atomic E-state index is 12.4. The average Bonchev–Trinajstić information content (AvgIpc) is 2.38. The highest BCUT2D eigenvalue weighted by molar-refractivity contribution is 5.95. The Morgan fingerprint density at radius 2 is 1.84 bits per heavy atom. The van der Waals surface area contributed by atoms with Crippen molar-refractivity contribution >= 4 is 11.7 Å². The van der Waals surface area contributed by atoms with Gasteiger partial charge in [-0.25, -0.2) is 4.98 Å². The van der Waals surface area contributed by atoms with Gasteiger partial charge in [0, 0.05) is 36.8 Å². The average molecular weight is 263 g/mol. The third kappa shape index (κ3) is 3.69. The van der Waals surface area contributed by atoms with Crippen LogP contribution >= 0.6 is 0 Å². The second kappa shape index (κ2) is 6.04. The minimum atomic E-state index is -0.0782. The zero-order valence-electron chi connectivity index (χ0n) is 12.9. The highest BCUT2D eigenvalue weighted by atomic mass is 16.2. The second-order valence-corrected chi connectivity index (χ2v) is 5.60. The van der Waals surface area contributed by atoms with Crippen molar-refractivity contribution in [3.05, 3.63) is 23.4 Å². The lowest BCUT2D eigenvalue weighted by Crippen LogP contribution is -2.31. The summed E-state index contributed by atoms with van der Waals surface area (Å²) in [6, 6.07) is 3.72. The topological polar surface area (TPSA) is 45.2 Å². The van der Waals surface area contributed by atoms with E-state index < -0.39 is 0 Å². The number of amides is 1. The first-order chi connectivity index (χ1) is 8.83. The van der Waals surface area contributed by atoms with Crippen molar-refractivity contribution < 1.29 is 4.79 Å². The normalized spacial score (nSPS) is 11.3. The van der Waals surface area contributed by atoms with E-state index in [0.29, 0.717) is 5.56 Å². The van der Waals surface area contributed by atoms with Crippen molar-refractivity contribution in [2.75, 3.05) is 25.5 Å². The monoisotopic (exact) mass is 263 g/mol. The van der Waals surface area contributed by atoms with Crippen molar-refractivity contribution in [3.63, 3.8) is 0 Å². The fourth-order valence-electron chi connectivity index (χ4n) is 1.86. The summed E-state index contributed by atoms with van der Waals surface area (Å²) in [5.41, 5.74) is 1.55.